The van der Waals surface area contributed by atoms with Gasteiger partial charge in [0.05, 0.1) is 6.54 Å². The van der Waals surface area contributed by atoms with Crippen LogP contribution in [-0.2, 0) is 20.9 Å². The zero-order valence-electron chi connectivity index (χ0n) is 14.3. The predicted molar refractivity (Wildman–Crippen MR) is 91.7 cm³/mol. The van der Waals surface area contributed by atoms with Crippen molar-refractivity contribution in [3.63, 3.8) is 0 Å². The first-order chi connectivity index (χ1) is 12.0. The van der Waals surface area contributed by atoms with Crippen LogP contribution < -0.4 is 10.6 Å². The minimum atomic E-state index is -0.310. The first-order valence-electron chi connectivity index (χ1n) is 8.61. The molecule has 7 heteroatoms. The number of rotatable bonds is 7. The van der Waals surface area contributed by atoms with Gasteiger partial charge in [-0.25, -0.2) is 4.79 Å². The molecule has 25 heavy (non-hydrogen) atoms. The highest BCUT2D eigenvalue weighted by Gasteiger charge is 2.38. The van der Waals surface area contributed by atoms with Gasteiger partial charge in [-0.2, -0.15) is 0 Å². The number of hydrogen-bond acceptors (Lipinski definition) is 4. The second-order valence-electron chi connectivity index (χ2n) is 6.64. The van der Waals surface area contributed by atoms with Gasteiger partial charge >= 0.3 is 6.09 Å². The molecule has 1 saturated heterocycles. The molecule has 3 amide bonds. The van der Waals surface area contributed by atoms with E-state index in [-0.39, 0.29) is 30.2 Å². The van der Waals surface area contributed by atoms with Crippen LogP contribution in [0.3, 0.4) is 0 Å². The molecule has 0 aromatic heterocycles. The highest BCUT2D eigenvalue weighted by molar-refractivity contribution is 5.91. The van der Waals surface area contributed by atoms with Crippen LogP contribution in [0.5, 0.6) is 0 Å². The summed E-state index contributed by atoms with van der Waals surface area (Å²) in [5.74, 6) is 0.475. The number of amides is 3. The van der Waals surface area contributed by atoms with Crippen LogP contribution in [0.25, 0.3) is 0 Å². The molecule has 7 nitrogen and oxygen atoms in total. The Balaban J connectivity index is 1.43. The molecule has 1 saturated carbocycles. The normalized spacial score (nSPS) is 21.6. The maximum absolute atomic E-state index is 12.0. The second-order valence-corrected chi connectivity index (χ2v) is 6.64. The molecule has 2 fully saturated rings. The van der Waals surface area contributed by atoms with Gasteiger partial charge in [0.1, 0.15) is 6.61 Å². The maximum Gasteiger partial charge on any atom is 0.410 e. The fourth-order valence-electron chi connectivity index (χ4n) is 2.88. The van der Waals surface area contributed by atoms with Crippen LogP contribution in [0.4, 0.5) is 10.5 Å². The number of cyclic esters (lactones) is 1. The minimum Gasteiger partial charge on any atom is -0.448 e. The standard InChI is InChI=1S/C18H23N3O4/c1-12-9-15(12)17(23)19-6-5-16(22)20-14-4-2-3-13(10-14)11-21-7-8-25-18(21)24/h2-4,10,12,15H,5-9,11H2,1H3,(H,19,23)(H,20,22)/t12-,15-/m0/s1. The van der Waals surface area contributed by atoms with Crippen molar-refractivity contribution in [2.75, 3.05) is 25.0 Å². The Bertz CT molecular complexity index is 676. The SMILES string of the molecule is C[C@H]1C[C@@H]1C(=O)NCCC(=O)Nc1cccc(CN2CCOC2=O)c1. The van der Waals surface area contributed by atoms with Crippen LogP contribution in [0.15, 0.2) is 24.3 Å². The molecule has 0 bridgehead atoms. The third kappa shape index (κ3) is 4.71. The number of nitrogens with one attached hydrogen (secondary N) is 2. The molecular weight excluding hydrogens is 322 g/mol. The topological polar surface area (TPSA) is 87.7 Å². The molecule has 0 radical (unpaired) electrons. The number of benzene rings is 1. The summed E-state index contributed by atoms with van der Waals surface area (Å²) in [6, 6.07) is 7.38. The van der Waals surface area contributed by atoms with Crippen LogP contribution in [0, 0.1) is 11.8 Å². The van der Waals surface area contributed by atoms with Gasteiger partial charge in [-0.1, -0.05) is 19.1 Å². The summed E-state index contributed by atoms with van der Waals surface area (Å²) < 4.78 is 4.91. The molecule has 1 aliphatic carbocycles. The van der Waals surface area contributed by atoms with Crippen LogP contribution in [0.1, 0.15) is 25.3 Å². The van der Waals surface area contributed by atoms with Gasteiger partial charge in [0.15, 0.2) is 0 Å². The summed E-state index contributed by atoms with van der Waals surface area (Å²) in [4.78, 5) is 36.8. The highest BCUT2D eigenvalue weighted by Crippen LogP contribution is 2.37. The highest BCUT2D eigenvalue weighted by atomic mass is 16.6. The molecule has 2 aliphatic rings. The van der Waals surface area contributed by atoms with E-state index in [1.807, 2.05) is 25.1 Å². The molecular formula is C18H23N3O4. The zero-order chi connectivity index (χ0) is 17.8. The van der Waals surface area contributed by atoms with Crippen LogP contribution in [0.2, 0.25) is 0 Å². The van der Waals surface area contributed by atoms with Gasteiger partial charge in [0.25, 0.3) is 0 Å². The van der Waals surface area contributed by atoms with E-state index in [4.69, 9.17) is 4.74 Å². The number of nitrogens with zero attached hydrogens (tertiary/aromatic N) is 1. The largest absolute Gasteiger partial charge is 0.448 e. The molecule has 0 unspecified atom stereocenters. The van der Waals surface area contributed by atoms with E-state index in [1.165, 1.54) is 0 Å². The average Bonchev–Trinajstić information content (AvgIpc) is 3.18. The first kappa shape index (κ1) is 17.3. The molecule has 0 spiro atoms. The van der Waals surface area contributed by atoms with Crippen molar-refractivity contribution in [1.29, 1.82) is 0 Å². The first-order valence-corrected chi connectivity index (χ1v) is 8.61. The number of hydrogen-bond donors (Lipinski definition) is 2. The Morgan fingerprint density at radius 3 is 2.84 bits per heavy atom. The number of ether oxygens (including phenoxy) is 1. The van der Waals surface area contributed by atoms with E-state index < -0.39 is 0 Å². The molecule has 1 aliphatic heterocycles. The Morgan fingerprint density at radius 2 is 2.16 bits per heavy atom. The molecule has 1 aromatic rings. The molecule has 1 aromatic carbocycles. The third-order valence-corrected chi connectivity index (χ3v) is 4.53. The van der Waals surface area contributed by atoms with Gasteiger partial charge in [0.2, 0.25) is 11.8 Å². The van der Waals surface area contributed by atoms with Crippen molar-refractivity contribution < 1.29 is 19.1 Å². The van der Waals surface area contributed by atoms with Crippen LogP contribution >= 0.6 is 0 Å². The smallest absolute Gasteiger partial charge is 0.410 e. The summed E-state index contributed by atoms with van der Waals surface area (Å²) in [5, 5.41) is 5.62. The Labute approximate surface area is 146 Å². The van der Waals surface area contributed by atoms with Gasteiger partial charge in [-0.15, -0.1) is 0 Å². The zero-order valence-corrected chi connectivity index (χ0v) is 14.3. The Hall–Kier alpha value is -2.57. The summed E-state index contributed by atoms with van der Waals surface area (Å²) in [6.07, 6.45) is 0.861. The monoisotopic (exact) mass is 345 g/mol. The summed E-state index contributed by atoms with van der Waals surface area (Å²) >= 11 is 0. The van der Waals surface area contributed by atoms with E-state index in [9.17, 15) is 14.4 Å². The van der Waals surface area contributed by atoms with Gasteiger partial charge in [0, 0.05) is 31.1 Å². The van der Waals surface area contributed by atoms with E-state index in [0.717, 1.165) is 12.0 Å². The number of anilines is 1. The third-order valence-electron chi connectivity index (χ3n) is 4.53. The number of carbonyl (C=O) groups excluding carboxylic acids is 3. The molecule has 3 rings (SSSR count). The maximum atomic E-state index is 12.0. The average molecular weight is 345 g/mol. The van der Waals surface area contributed by atoms with Crippen molar-refractivity contribution >= 4 is 23.6 Å². The van der Waals surface area contributed by atoms with Crippen LogP contribution in [-0.4, -0.2) is 42.5 Å². The Kier molecular flexibility index (Phi) is 5.21. The minimum absolute atomic E-state index is 0.0415. The summed E-state index contributed by atoms with van der Waals surface area (Å²) in [6.45, 7) is 3.84. The quantitative estimate of drug-likeness (QED) is 0.788. The fraction of sp³-hybridized carbons (Fsp3) is 0.500. The second kappa shape index (κ2) is 7.55. The summed E-state index contributed by atoms with van der Waals surface area (Å²) in [7, 11) is 0. The van der Waals surface area contributed by atoms with E-state index in [2.05, 4.69) is 10.6 Å². The molecule has 2 N–H and O–H groups in total. The fourth-order valence-corrected chi connectivity index (χ4v) is 2.88. The van der Waals surface area contributed by atoms with Crippen molar-refractivity contribution in [3.8, 4) is 0 Å². The molecule has 134 valence electrons. The van der Waals surface area contributed by atoms with Gasteiger partial charge in [-0.3, -0.25) is 9.59 Å². The number of carbonyl (C=O) groups is 3. The Morgan fingerprint density at radius 1 is 1.36 bits per heavy atom. The lowest BCUT2D eigenvalue weighted by atomic mass is 10.2. The molecule has 1 heterocycles. The van der Waals surface area contributed by atoms with Gasteiger partial charge < -0.3 is 20.3 Å². The van der Waals surface area contributed by atoms with Crippen molar-refractivity contribution in [2.24, 2.45) is 11.8 Å². The van der Waals surface area contributed by atoms with Gasteiger partial charge in [-0.05, 0) is 30.0 Å². The molecule has 2 atom stereocenters. The van der Waals surface area contributed by atoms with E-state index >= 15 is 0 Å². The lowest BCUT2D eigenvalue weighted by molar-refractivity contribution is -0.122. The van der Waals surface area contributed by atoms with Crippen molar-refractivity contribution in [3.05, 3.63) is 29.8 Å². The summed E-state index contributed by atoms with van der Waals surface area (Å²) in [5.41, 5.74) is 1.60. The lowest BCUT2D eigenvalue weighted by Gasteiger charge is -2.13. The van der Waals surface area contributed by atoms with Crippen molar-refractivity contribution in [1.82, 2.24) is 10.2 Å². The predicted octanol–water partition coefficient (Wildman–Crippen LogP) is 1.74. The van der Waals surface area contributed by atoms with Crippen molar-refractivity contribution in [2.45, 2.75) is 26.3 Å². The lowest BCUT2D eigenvalue weighted by Crippen LogP contribution is -2.29. The van der Waals surface area contributed by atoms with E-state index in [0.29, 0.717) is 37.8 Å². The van der Waals surface area contributed by atoms with E-state index in [1.54, 1.807) is 11.0 Å².